The Bertz CT molecular complexity index is 607. The van der Waals surface area contributed by atoms with Crippen LogP contribution in [0.15, 0.2) is 40.9 Å². The van der Waals surface area contributed by atoms with Crippen molar-refractivity contribution in [3.63, 3.8) is 0 Å². The molecule has 0 amide bonds. The Morgan fingerprint density at radius 2 is 2.00 bits per heavy atom. The van der Waals surface area contributed by atoms with Gasteiger partial charge in [0.15, 0.2) is 5.75 Å². The van der Waals surface area contributed by atoms with Crippen molar-refractivity contribution in [1.29, 1.82) is 0 Å². The van der Waals surface area contributed by atoms with Gasteiger partial charge in [0, 0.05) is 12.1 Å². The minimum atomic E-state index is -0.498. The Morgan fingerprint density at radius 1 is 1.28 bits per heavy atom. The van der Waals surface area contributed by atoms with Gasteiger partial charge in [-0.2, -0.15) is 0 Å². The monoisotopic (exact) mass is 328 g/mol. The number of aromatic nitrogens is 1. The van der Waals surface area contributed by atoms with Gasteiger partial charge >= 0.3 is 0 Å². The Labute approximate surface area is 116 Å². The van der Waals surface area contributed by atoms with Crippen molar-refractivity contribution in [2.45, 2.75) is 0 Å². The summed E-state index contributed by atoms with van der Waals surface area (Å²) in [5, 5.41) is 11.0. The molecule has 7 heteroatoms. The van der Waals surface area contributed by atoms with Crippen LogP contribution in [0.2, 0.25) is 5.15 Å². The third-order valence-corrected chi connectivity index (χ3v) is 3.05. The molecule has 0 bridgehead atoms. The summed E-state index contributed by atoms with van der Waals surface area (Å²) < 4.78 is 5.69. The summed E-state index contributed by atoms with van der Waals surface area (Å²) in [6.45, 7) is 0. The third-order valence-electron chi connectivity index (χ3n) is 2.04. The van der Waals surface area contributed by atoms with E-state index in [1.807, 2.05) is 0 Å². The van der Waals surface area contributed by atoms with Crippen LogP contribution in [0, 0.1) is 10.1 Å². The molecule has 0 saturated carbocycles. The zero-order valence-corrected chi connectivity index (χ0v) is 11.2. The predicted octanol–water partition coefficient (Wildman–Crippen LogP) is 4.20. The molecule has 0 aliphatic heterocycles. The zero-order valence-electron chi connectivity index (χ0n) is 8.84. The predicted molar refractivity (Wildman–Crippen MR) is 70.1 cm³/mol. The molecule has 0 fully saturated rings. The van der Waals surface area contributed by atoms with Gasteiger partial charge in [0.05, 0.1) is 4.92 Å². The highest BCUT2D eigenvalue weighted by molar-refractivity contribution is 9.10. The molecule has 0 unspecified atom stereocenters. The van der Waals surface area contributed by atoms with Crippen LogP contribution >= 0.6 is 27.5 Å². The fourth-order valence-corrected chi connectivity index (χ4v) is 1.92. The van der Waals surface area contributed by atoms with E-state index >= 15 is 0 Å². The van der Waals surface area contributed by atoms with Crippen LogP contribution in [0.25, 0.3) is 0 Å². The van der Waals surface area contributed by atoms with Crippen molar-refractivity contribution in [3.8, 4) is 11.6 Å². The van der Waals surface area contributed by atoms with Gasteiger partial charge in [0.25, 0.3) is 5.69 Å². The summed E-state index contributed by atoms with van der Waals surface area (Å²) in [4.78, 5) is 14.2. The van der Waals surface area contributed by atoms with Gasteiger partial charge in [-0.3, -0.25) is 10.1 Å². The second-order valence-electron chi connectivity index (χ2n) is 3.25. The molecular formula is C11H6BrClN2O3. The smallest absolute Gasteiger partial charge is 0.287 e. The molecule has 1 aromatic carbocycles. The number of ether oxygens (including phenoxy) is 1. The fourth-order valence-electron chi connectivity index (χ4n) is 1.28. The second-order valence-corrected chi connectivity index (χ2v) is 4.43. The van der Waals surface area contributed by atoms with E-state index in [1.165, 1.54) is 12.1 Å². The highest BCUT2D eigenvalue weighted by atomic mass is 79.9. The van der Waals surface area contributed by atoms with E-state index < -0.39 is 4.92 Å². The first kappa shape index (κ1) is 12.8. The van der Waals surface area contributed by atoms with E-state index in [4.69, 9.17) is 16.3 Å². The molecular weight excluding hydrogens is 323 g/mol. The minimum Gasteiger partial charge on any atom is -0.438 e. The first-order valence-corrected chi connectivity index (χ1v) is 5.98. The largest absolute Gasteiger partial charge is 0.438 e. The van der Waals surface area contributed by atoms with Crippen LogP contribution in [-0.4, -0.2) is 9.91 Å². The van der Waals surface area contributed by atoms with Crippen molar-refractivity contribution < 1.29 is 9.66 Å². The number of rotatable bonds is 3. The van der Waals surface area contributed by atoms with Gasteiger partial charge in [-0.15, -0.1) is 0 Å². The van der Waals surface area contributed by atoms with E-state index in [9.17, 15) is 10.1 Å². The molecule has 0 N–H and O–H groups in total. The number of nitro groups is 1. The van der Waals surface area contributed by atoms with Gasteiger partial charge in [-0.1, -0.05) is 23.7 Å². The van der Waals surface area contributed by atoms with Gasteiger partial charge in [-0.05, 0) is 28.1 Å². The van der Waals surface area contributed by atoms with Crippen molar-refractivity contribution >= 4 is 33.2 Å². The molecule has 2 rings (SSSR count). The molecule has 1 aromatic heterocycles. The standard InChI is InChI=1S/C11H6BrClN2O3/c12-11-7(15(16)17)3-1-4-8(11)18-10-6-2-5-9(13)14-10/h1-6H. The third kappa shape index (κ3) is 2.77. The van der Waals surface area contributed by atoms with Gasteiger partial charge in [0.2, 0.25) is 5.88 Å². The topological polar surface area (TPSA) is 65.3 Å². The normalized spacial score (nSPS) is 10.1. The Morgan fingerprint density at radius 3 is 2.67 bits per heavy atom. The quantitative estimate of drug-likeness (QED) is 0.481. The number of nitro benzene ring substituents is 1. The van der Waals surface area contributed by atoms with E-state index in [1.54, 1.807) is 24.3 Å². The van der Waals surface area contributed by atoms with Gasteiger partial charge in [-0.25, -0.2) is 4.98 Å². The maximum absolute atomic E-state index is 10.8. The lowest BCUT2D eigenvalue weighted by molar-refractivity contribution is -0.385. The number of hydrogen-bond donors (Lipinski definition) is 0. The first-order chi connectivity index (χ1) is 8.58. The summed E-state index contributed by atoms with van der Waals surface area (Å²) in [5.74, 6) is 0.572. The van der Waals surface area contributed by atoms with E-state index in [-0.39, 0.29) is 21.2 Å². The number of pyridine rings is 1. The molecule has 0 radical (unpaired) electrons. The van der Waals surface area contributed by atoms with Crippen LogP contribution in [0.3, 0.4) is 0 Å². The summed E-state index contributed by atoms with van der Waals surface area (Å²) in [6, 6.07) is 9.40. The van der Waals surface area contributed by atoms with Crippen molar-refractivity contribution in [1.82, 2.24) is 4.98 Å². The van der Waals surface area contributed by atoms with Gasteiger partial charge in [0.1, 0.15) is 9.63 Å². The molecule has 5 nitrogen and oxygen atoms in total. The average molecular weight is 330 g/mol. The SMILES string of the molecule is O=[N+]([O-])c1cccc(Oc2cccc(Cl)n2)c1Br. The van der Waals surface area contributed by atoms with Crippen molar-refractivity contribution in [3.05, 3.63) is 56.1 Å². The van der Waals surface area contributed by atoms with Crippen molar-refractivity contribution in [2.75, 3.05) is 0 Å². The molecule has 0 spiro atoms. The highest BCUT2D eigenvalue weighted by Gasteiger charge is 2.16. The summed E-state index contributed by atoms with van der Waals surface area (Å²) in [6.07, 6.45) is 0. The maximum Gasteiger partial charge on any atom is 0.287 e. The number of nitrogens with zero attached hydrogens (tertiary/aromatic N) is 2. The summed E-state index contributed by atoms with van der Waals surface area (Å²) in [5.41, 5.74) is -0.0745. The van der Waals surface area contributed by atoms with Crippen molar-refractivity contribution in [2.24, 2.45) is 0 Å². The molecule has 0 aliphatic rings. The minimum absolute atomic E-state index is 0.0745. The van der Waals surface area contributed by atoms with Gasteiger partial charge < -0.3 is 4.74 Å². The number of hydrogen-bond acceptors (Lipinski definition) is 4. The molecule has 0 atom stereocenters. The van der Waals surface area contributed by atoms with E-state index in [2.05, 4.69) is 20.9 Å². The molecule has 1 heterocycles. The zero-order chi connectivity index (χ0) is 13.1. The molecule has 92 valence electrons. The lowest BCUT2D eigenvalue weighted by atomic mass is 10.3. The number of benzene rings is 1. The van der Waals surface area contributed by atoms with E-state index in [0.717, 1.165) is 0 Å². The first-order valence-electron chi connectivity index (χ1n) is 4.81. The maximum atomic E-state index is 10.8. The molecule has 2 aromatic rings. The van der Waals surface area contributed by atoms with Crippen LogP contribution in [0.5, 0.6) is 11.6 Å². The second kappa shape index (κ2) is 5.32. The summed E-state index contributed by atoms with van der Waals surface area (Å²) in [7, 11) is 0. The molecule has 0 saturated heterocycles. The highest BCUT2D eigenvalue weighted by Crippen LogP contribution is 2.36. The average Bonchev–Trinajstić information content (AvgIpc) is 2.31. The Hall–Kier alpha value is -1.66. The number of halogens is 2. The van der Waals surface area contributed by atoms with Crippen LogP contribution in [-0.2, 0) is 0 Å². The molecule has 0 aliphatic carbocycles. The van der Waals surface area contributed by atoms with Crippen LogP contribution in [0.4, 0.5) is 5.69 Å². The lowest BCUT2D eigenvalue weighted by Gasteiger charge is -2.06. The van der Waals surface area contributed by atoms with Crippen LogP contribution in [0.1, 0.15) is 0 Å². The summed E-state index contributed by atoms with van der Waals surface area (Å²) >= 11 is 8.85. The fraction of sp³-hybridized carbons (Fsp3) is 0. The van der Waals surface area contributed by atoms with E-state index in [0.29, 0.717) is 5.75 Å². The Balaban J connectivity index is 2.35. The molecule has 18 heavy (non-hydrogen) atoms. The van der Waals surface area contributed by atoms with Crippen LogP contribution < -0.4 is 4.74 Å². The lowest BCUT2D eigenvalue weighted by Crippen LogP contribution is -1.93. The Kier molecular flexibility index (Phi) is 3.78.